The Morgan fingerprint density at radius 3 is 2.29 bits per heavy atom. The average molecular weight is 696 g/mol. The Labute approximate surface area is 286 Å². The van der Waals surface area contributed by atoms with Crippen molar-refractivity contribution in [2.24, 2.45) is 0 Å². The van der Waals surface area contributed by atoms with Gasteiger partial charge in [0.25, 0.3) is 5.91 Å². The second kappa shape index (κ2) is 16.8. The number of ether oxygens (including phenoxy) is 4. The molecule has 0 unspecified atom stereocenters. The van der Waals surface area contributed by atoms with Crippen LogP contribution in [-0.4, -0.2) is 70.7 Å². The highest BCUT2D eigenvalue weighted by Gasteiger charge is 2.29. The molecule has 0 aliphatic carbocycles. The van der Waals surface area contributed by atoms with Crippen molar-refractivity contribution < 1.29 is 38.1 Å². The van der Waals surface area contributed by atoms with Gasteiger partial charge in [-0.3, -0.25) is 14.2 Å². The Kier molecular flexibility index (Phi) is 12.6. The van der Waals surface area contributed by atoms with E-state index in [2.05, 4.69) is 20.8 Å². The van der Waals surface area contributed by atoms with Crippen molar-refractivity contribution >= 4 is 51.9 Å². The van der Waals surface area contributed by atoms with Gasteiger partial charge in [0.1, 0.15) is 21.4 Å². The van der Waals surface area contributed by atoms with E-state index in [-0.39, 0.29) is 41.1 Å². The number of amides is 2. The van der Waals surface area contributed by atoms with E-state index in [9.17, 15) is 19.2 Å². The summed E-state index contributed by atoms with van der Waals surface area (Å²) >= 11 is 2.07. The molecule has 0 bridgehead atoms. The van der Waals surface area contributed by atoms with Crippen molar-refractivity contribution in [3.8, 4) is 17.2 Å². The van der Waals surface area contributed by atoms with Crippen molar-refractivity contribution in [1.29, 1.82) is 0 Å². The van der Waals surface area contributed by atoms with E-state index in [1.54, 1.807) is 68.7 Å². The molecule has 2 amide bonds. The second-order valence-electron chi connectivity index (χ2n) is 9.99. The molecular weight excluding hydrogens is 659 g/mol. The van der Waals surface area contributed by atoms with E-state index in [1.807, 2.05) is 19.1 Å². The molecule has 13 nitrogen and oxygen atoms in total. The number of hydrogen-bond acceptors (Lipinski definition) is 12. The number of thiophene rings is 1. The number of para-hydroxylation sites is 1. The molecule has 254 valence electrons. The van der Waals surface area contributed by atoms with Gasteiger partial charge < -0.3 is 29.6 Å². The first-order valence-electron chi connectivity index (χ1n) is 15.2. The van der Waals surface area contributed by atoms with Crippen molar-refractivity contribution in [1.82, 2.24) is 20.1 Å². The minimum atomic E-state index is -0.741. The molecule has 0 saturated heterocycles. The maximum atomic E-state index is 13.5. The fourth-order valence-electron chi connectivity index (χ4n) is 4.56. The molecule has 1 atom stereocenters. The number of esters is 2. The molecule has 2 aromatic carbocycles. The highest BCUT2D eigenvalue weighted by Crippen LogP contribution is 2.35. The van der Waals surface area contributed by atoms with E-state index < -0.39 is 23.1 Å². The van der Waals surface area contributed by atoms with Crippen molar-refractivity contribution in [3.63, 3.8) is 0 Å². The van der Waals surface area contributed by atoms with Crippen LogP contribution >= 0.6 is 23.1 Å². The summed E-state index contributed by atoms with van der Waals surface area (Å²) in [5.41, 5.74) is 1.51. The zero-order chi connectivity index (χ0) is 34.8. The van der Waals surface area contributed by atoms with Crippen LogP contribution in [0, 0.1) is 6.92 Å². The second-order valence-corrected chi connectivity index (χ2v) is 12.3. The molecule has 48 heavy (non-hydrogen) atoms. The summed E-state index contributed by atoms with van der Waals surface area (Å²) in [7, 11) is 1.49. The standard InChI is InChI=1S/C33H37N5O8S2/c1-7-44-22-16-14-21(15-17-22)38-25(18-34-29(40)23-12-10-11-13-24(23)43-6)36-37-33(38)47-20(5)28(39)35-30-26(31(41)45-8-2)19(4)27(48-30)32(42)46-9-3/h10-17,20H,7-9,18H2,1-6H3,(H,34,40)(H,35,39)/t20-/m0/s1. The Bertz CT molecular complexity index is 1770. The first-order valence-corrected chi connectivity index (χ1v) is 16.9. The van der Waals surface area contributed by atoms with E-state index in [0.717, 1.165) is 23.1 Å². The van der Waals surface area contributed by atoms with Crippen LogP contribution in [0.2, 0.25) is 0 Å². The normalized spacial score (nSPS) is 11.4. The molecule has 0 saturated carbocycles. The molecule has 0 aliphatic rings. The third-order valence-electron chi connectivity index (χ3n) is 6.84. The average Bonchev–Trinajstić information content (AvgIpc) is 3.63. The summed E-state index contributed by atoms with van der Waals surface area (Å²) in [5, 5.41) is 14.2. The van der Waals surface area contributed by atoms with E-state index >= 15 is 0 Å². The van der Waals surface area contributed by atoms with Gasteiger partial charge >= 0.3 is 11.9 Å². The number of hydrogen-bond donors (Lipinski definition) is 2. The first kappa shape index (κ1) is 36.0. The number of thioether (sulfide) groups is 1. The Morgan fingerprint density at radius 2 is 1.62 bits per heavy atom. The van der Waals surface area contributed by atoms with Gasteiger partial charge in [-0.25, -0.2) is 9.59 Å². The van der Waals surface area contributed by atoms with Gasteiger partial charge in [0.2, 0.25) is 5.91 Å². The summed E-state index contributed by atoms with van der Waals surface area (Å²) < 4.78 is 23.0. The summed E-state index contributed by atoms with van der Waals surface area (Å²) in [6.45, 7) is 9.32. The molecule has 0 spiro atoms. The Hall–Kier alpha value is -4.89. The number of carbonyl (C=O) groups is 4. The maximum Gasteiger partial charge on any atom is 0.348 e. The van der Waals surface area contributed by atoms with E-state index in [0.29, 0.717) is 45.9 Å². The molecule has 4 rings (SSSR count). The van der Waals surface area contributed by atoms with Crippen LogP contribution in [0.5, 0.6) is 11.5 Å². The van der Waals surface area contributed by atoms with Gasteiger partial charge in [-0.2, -0.15) is 0 Å². The van der Waals surface area contributed by atoms with Crippen LogP contribution in [0.4, 0.5) is 5.00 Å². The van der Waals surface area contributed by atoms with Crippen molar-refractivity contribution in [3.05, 3.63) is 75.9 Å². The minimum Gasteiger partial charge on any atom is -0.496 e. The number of rotatable bonds is 15. The predicted octanol–water partition coefficient (Wildman–Crippen LogP) is 5.45. The van der Waals surface area contributed by atoms with Crippen molar-refractivity contribution in [2.75, 3.05) is 32.2 Å². The molecule has 2 N–H and O–H groups in total. The van der Waals surface area contributed by atoms with E-state index in [4.69, 9.17) is 18.9 Å². The molecule has 2 aromatic heterocycles. The number of nitrogens with zero attached hydrogens (tertiary/aromatic N) is 3. The molecule has 0 fully saturated rings. The molecule has 15 heteroatoms. The first-order chi connectivity index (χ1) is 23.1. The SMILES string of the molecule is CCOC(=O)c1sc(NC(=O)[C@H](C)Sc2nnc(CNC(=O)c3ccccc3OC)n2-c2ccc(OCC)cc2)c(C(=O)OCC)c1C. The molecule has 4 aromatic rings. The molecule has 2 heterocycles. The van der Waals surface area contributed by atoms with Crippen LogP contribution in [0.25, 0.3) is 5.69 Å². The van der Waals surface area contributed by atoms with Crippen LogP contribution < -0.4 is 20.1 Å². The quantitative estimate of drug-likeness (QED) is 0.120. The molecule has 0 aliphatic heterocycles. The minimum absolute atomic E-state index is 0.0201. The number of carbonyl (C=O) groups excluding carboxylic acids is 4. The fourth-order valence-corrected chi connectivity index (χ4v) is 6.54. The number of aromatic nitrogens is 3. The number of methoxy groups -OCH3 is 1. The lowest BCUT2D eigenvalue weighted by molar-refractivity contribution is -0.115. The van der Waals surface area contributed by atoms with Gasteiger partial charge in [0.05, 0.1) is 49.9 Å². The van der Waals surface area contributed by atoms with E-state index in [1.165, 1.54) is 7.11 Å². The zero-order valence-corrected chi connectivity index (χ0v) is 29.1. The summed E-state index contributed by atoms with van der Waals surface area (Å²) in [6, 6.07) is 14.1. The fraction of sp³-hybridized carbons (Fsp3) is 0.333. The Balaban J connectivity index is 1.61. The zero-order valence-electron chi connectivity index (χ0n) is 27.4. The van der Waals surface area contributed by atoms with Crippen LogP contribution in [0.15, 0.2) is 53.7 Å². The summed E-state index contributed by atoms with van der Waals surface area (Å²) in [5.74, 6) is -0.547. The van der Waals surface area contributed by atoms with Gasteiger partial charge in [0, 0.05) is 5.69 Å². The summed E-state index contributed by atoms with van der Waals surface area (Å²) in [4.78, 5) is 52.2. The topological polar surface area (TPSA) is 160 Å². The van der Waals surface area contributed by atoms with Gasteiger partial charge in [-0.1, -0.05) is 23.9 Å². The number of anilines is 1. The predicted molar refractivity (Wildman–Crippen MR) is 182 cm³/mol. The highest BCUT2D eigenvalue weighted by molar-refractivity contribution is 8.00. The third kappa shape index (κ3) is 8.33. The number of benzene rings is 2. The van der Waals surface area contributed by atoms with Crippen LogP contribution in [0.1, 0.15) is 69.5 Å². The molecular formula is C33H37N5O8S2. The Morgan fingerprint density at radius 1 is 0.938 bits per heavy atom. The van der Waals surface area contributed by atoms with Gasteiger partial charge in [0.15, 0.2) is 11.0 Å². The van der Waals surface area contributed by atoms with Crippen LogP contribution in [-0.2, 0) is 20.8 Å². The van der Waals surface area contributed by atoms with Gasteiger partial charge in [-0.15, -0.1) is 21.5 Å². The highest BCUT2D eigenvalue weighted by atomic mass is 32.2. The lowest BCUT2D eigenvalue weighted by atomic mass is 10.1. The molecule has 0 radical (unpaired) electrons. The smallest absolute Gasteiger partial charge is 0.348 e. The lowest BCUT2D eigenvalue weighted by Gasteiger charge is -2.15. The number of nitrogens with one attached hydrogen (secondary N) is 2. The van der Waals surface area contributed by atoms with Crippen LogP contribution in [0.3, 0.4) is 0 Å². The third-order valence-corrected chi connectivity index (χ3v) is 9.07. The van der Waals surface area contributed by atoms with Crippen molar-refractivity contribution in [2.45, 2.75) is 51.6 Å². The monoisotopic (exact) mass is 695 g/mol. The van der Waals surface area contributed by atoms with Gasteiger partial charge in [-0.05, 0) is 76.6 Å². The summed E-state index contributed by atoms with van der Waals surface area (Å²) in [6.07, 6.45) is 0. The maximum absolute atomic E-state index is 13.5. The largest absolute Gasteiger partial charge is 0.496 e. The lowest BCUT2D eigenvalue weighted by Crippen LogP contribution is -2.25.